The van der Waals surface area contributed by atoms with Crippen LogP contribution in [0.25, 0.3) is 11.0 Å². The third-order valence-electron chi connectivity index (χ3n) is 2.82. The summed E-state index contributed by atoms with van der Waals surface area (Å²) in [6, 6.07) is 14.3. The predicted octanol–water partition coefficient (Wildman–Crippen LogP) is 2.58. The first-order chi connectivity index (χ1) is 9.22. The molecule has 0 fully saturated rings. The lowest BCUT2D eigenvalue weighted by Crippen LogP contribution is -1.98. The van der Waals surface area contributed by atoms with E-state index in [9.17, 15) is 9.32 Å². The molecule has 1 aromatic heterocycles. The summed E-state index contributed by atoms with van der Waals surface area (Å²) in [6.07, 6.45) is 0. The maximum absolute atomic E-state index is 12.2. The molecule has 0 aliphatic carbocycles. The summed E-state index contributed by atoms with van der Waals surface area (Å²) in [7, 11) is -1.22. The van der Waals surface area contributed by atoms with Gasteiger partial charge in [-0.1, -0.05) is 24.3 Å². The molecule has 19 heavy (non-hydrogen) atoms. The topological polar surface area (TPSA) is 66.0 Å². The van der Waals surface area contributed by atoms with Crippen LogP contribution in [0.2, 0.25) is 0 Å². The highest BCUT2D eigenvalue weighted by molar-refractivity contribution is 7.84. The van der Waals surface area contributed by atoms with Gasteiger partial charge in [0.25, 0.3) is 0 Å². The number of nitrogens with one attached hydrogen (secondary N) is 1. The van der Waals surface area contributed by atoms with Gasteiger partial charge in [0.05, 0.1) is 27.6 Å². The lowest BCUT2D eigenvalue weighted by Gasteiger charge is -1.99. The number of hydrogen-bond acceptors (Lipinski definition) is 3. The number of imidazole rings is 1. The van der Waals surface area contributed by atoms with E-state index in [2.05, 4.69) is 9.97 Å². The minimum absolute atomic E-state index is 0.207. The fraction of sp³-hybridized carbons (Fsp3) is 0.0714. The summed E-state index contributed by atoms with van der Waals surface area (Å²) in [5.41, 5.74) is 2.60. The number of phenolic OH excluding ortho intramolecular Hbond substituents is 1. The second kappa shape index (κ2) is 4.85. The number of para-hydroxylation sites is 2. The standard InChI is InChI=1S/C14H12N2O2S/c17-11-7-5-10(6-8-11)9-19(18)14-15-12-3-1-2-4-13(12)16-14/h1-8,17H,9H2,(H,15,16). The number of nitrogens with zero attached hydrogens (tertiary/aromatic N) is 1. The van der Waals surface area contributed by atoms with Crippen molar-refractivity contribution in [1.82, 2.24) is 9.97 Å². The van der Waals surface area contributed by atoms with Crippen molar-refractivity contribution >= 4 is 21.8 Å². The van der Waals surface area contributed by atoms with Crippen LogP contribution in [0.5, 0.6) is 5.75 Å². The van der Waals surface area contributed by atoms with E-state index in [1.54, 1.807) is 24.3 Å². The number of aromatic amines is 1. The number of hydrogen-bond donors (Lipinski definition) is 2. The normalized spacial score (nSPS) is 12.6. The SMILES string of the molecule is O=S(Cc1ccc(O)cc1)c1nc2ccccc2[nH]1. The van der Waals surface area contributed by atoms with E-state index in [1.165, 1.54) is 0 Å². The molecule has 1 atom stereocenters. The molecule has 5 heteroatoms. The van der Waals surface area contributed by atoms with Gasteiger partial charge in [-0.05, 0) is 29.8 Å². The number of aromatic nitrogens is 2. The van der Waals surface area contributed by atoms with E-state index >= 15 is 0 Å². The molecule has 3 aromatic rings. The number of aromatic hydroxyl groups is 1. The zero-order valence-corrected chi connectivity index (χ0v) is 10.9. The van der Waals surface area contributed by atoms with E-state index in [0.29, 0.717) is 10.9 Å². The first kappa shape index (κ1) is 11.9. The first-order valence-electron chi connectivity index (χ1n) is 5.83. The lowest BCUT2D eigenvalue weighted by molar-refractivity contribution is 0.475. The third kappa shape index (κ3) is 2.51. The highest BCUT2D eigenvalue weighted by Gasteiger charge is 2.10. The highest BCUT2D eigenvalue weighted by atomic mass is 32.2. The monoisotopic (exact) mass is 272 g/mol. The molecular formula is C14H12N2O2S. The molecule has 2 N–H and O–H groups in total. The fourth-order valence-electron chi connectivity index (χ4n) is 1.85. The summed E-state index contributed by atoms with van der Waals surface area (Å²) in [5.74, 6) is 0.582. The molecule has 1 heterocycles. The lowest BCUT2D eigenvalue weighted by atomic mass is 10.2. The van der Waals surface area contributed by atoms with Crippen LogP contribution in [0.3, 0.4) is 0 Å². The summed E-state index contributed by atoms with van der Waals surface area (Å²) >= 11 is 0. The van der Waals surface area contributed by atoms with Crippen LogP contribution in [0.4, 0.5) is 0 Å². The molecule has 3 rings (SSSR count). The van der Waals surface area contributed by atoms with Crippen LogP contribution in [0.1, 0.15) is 5.56 Å². The van der Waals surface area contributed by atoms with Crippen molar-refractivity contribution in [3.05, 3.63) is 54.1 Å². The largest absolute Gasteiger partial charge is 0.508 e. The molecule has 0 amide bonds. The van der Waals surface area contributed by atoms with Crippen LogP contribution in [-0.2, 0) is 16.6 Å². The Morgan fingerprint density at radius 2 is 1.84 bits per heavy atom. The second-order valence-electron chi connectivity index (χ2n) is 4.22. The van der Waals surface area contributed by atoms with Crippen molar-refractivity contribution in [2.24, 2.45) is 0 Å². The van der Waals surface area contributed by atoms with Gasteiger partial charge in [-0.2, -0.15) is 0 Å². The molecule has 0 spiro atoms. The van der Waals surface area contributed by atoms with Crippen LogP contribution in [-0.4, -0.2) is 19.3 Å². The predicted molar refractivity (Wildman–Crippen MR) is 74.3 cm³/mol. The molecular weight excluding hydrogens is 260 g/mol. The number of H-pyrrole nitrogens is 1. The Labute approximate surface area is 112 Å². The van der Waals surface area contributed by atoms with E-state index in [4.69, 9.17) is 0 Å². The van der Waals surface area contributed by atoms with Gasteiger partial charge in [0.15, 0.2) is 5.16 Å². The zero-order chi connectivity index (χ0) is 13.2. The molecule has 0 saturated heterocycles. The molecule has 4 nitrogen and oxygen atoms in total. The zero-order valence-electron chi connectivity index (χ0n) is 10.0. The maximum Gasteiger partial charge on any atom is 0.197 e. The molecule has 0 aliphatic rings. The molecule has 96 valence electrons. The van der Waals surface area contributed by atoms with Gasteiger partial charge in [-0.15, -0.1) is 0 Å². The molecule has 1 unspecified atom stereocenters. The third-order valence-corrected chi connectivity index (χ3v) is 4.04. The van der Waals surface area contributed by atoms with Crippen molar-refractivity contribution in [3.8, 4) is 5.75 Å². The highest BCUT2D eigenvalue weighted by Crippen LogP contribution is 2.16. The molecule has 0 saturated carbocycles. The Morgan fingerprint density at radius 3 is 2.58 bits per heavy atom. The quantitative estimate of drug-likeness (QED) is 0.770. The minimum Gasteiger partial charge on any atom is -0.508 e. The van der Waals surface area contributed by atoms with Gasteiger partial charge in [0, 0.05) is 0 Å². The molecule has 2 aromatic carbocycles. The van der Waals surface area contributed by atoms with Gasteiger partial charge in [0.1, 0.15) is 5.75 Å². The first-order valence-corrected chi connectivity index (χ1v) is 7.15. The molecule has 0 radical (unpaired) electrons. The second-order valence-corrected chi connectivity index (χ2v) is 5.58. The van der Waals surface area contributed by atoms with E-state index in [0.717, 1.165) is 16.6 Å². The maximum atomic E-state index is 12.2. The summed E-state index contributed by atoms with van der Waals surface area (Å²) < 4.78 is 12.2. The Hall–Kier alpha value is -2.14. The average molecular weight is 272 g/mol. The van der Waals surface area contributed by atoms with Crippen molar-refractivity contribution in [2.45, 2.75) is 10.9 Å². The van der Waals surface area contributed by atoms with Crippen LogP contribution >= 0.6 is 0 Å². The van der Waals surface area contributed by atoms with Crippen molar-refractivity contribution < 1.29 is 9.32 Å². The van der Waals surface area contributed by atoms with E-state index in [1.807, 2.05) is 24.3 Å². The molecule has 0 aliphatic heterocycles. The van der Waals surface area contributed by atoms with Crippen molar-refractivity contribution in [2.75, 3.05) is 0 Å². The van der Waals surface area contributed by atoms with Gasteiger partial charge in [-0.25, -0.2) is 4.98 Å². The van der Waals surface area contributed by atoms with E-state index < -0.39 is 10.8 Å². The van der Waals surface area contributed by atoms with Crippen molar-refractivity contribution in [1.29, 1.82) is 0 Å². The smallest absolute Gasteiger partial charge is 0.197 e. The summed E-state index contributed by atoms with van der Waals surface area (Å²) in [5, 5.41) is 9.69. The van der Waals surface area contributed by atoms with Gasteiger partial charge >= 0.3 is 0 Å². The van der Waals surface area contributed by atoms with Gasteiger partial charge < -0.3 is 10.1 Å². The van der Waals surface area contributed by atoms with E-state index in [-0.39, 0.29) is 5.75 Å². The van der Waals surface area contributed by atoms with Crippen molar-refractivity contribution in [3.63, 3.8) is 0 Å². The van der Waals surface area contributed by atoms with Crippen LogP contribution in [0.15, 0.2) is 53.7 Å². The van der Waals surface area contributed by atoms with Gasteiger partial charge in [-0.3, -0.25) is 4.21 Å². The number of benzene rings is 2. The summed E-state index contributed by atoms with van der Waals surface area (Å²) in [6.45, 7) is 0. The summed E-state index contributed by atoms with van der Waals surface area (Å²) in [4.78, 5) is 7.39. The fourth-order valence-corrected chi connectivity index (χ4v) is 2.91. The Morgan fingerprint density at radius 1 is 1.11 bits per heavy atom. The minimum atomic E-state index is -1.22. The van der Waals surface area contributed by atoms with Crippen LogP contribution < -0.4 is 0 Å². The van der Waals surface area contributed by atoms with Gasteiger partial charge in [0.2, 0.25) is 0 Å². The molecule has 0 bridgehead atoms. The Bertz CT molecular complexity index is 702. The Balaban J connectivity index is 1.85. The van der Waals surface area contributed by atoms with Crippen LogP contribution in [0, 0.1) is 0 Å². The number of phenols is 1. The number of fused-ring (bicyclic) bond motifs is 1. The number of rotatable bonds is 3. The Kier molecular flexibility index (Phi) is 3.05. The average Bonchev–Trinajstić information content (AvgIpc) is 2.85.